The minimum absolute atomic E-state index is 0.0491. The third-order valence-electron chi connectivity index (χ3n) is 3.66. The van der Waals surface area contributed by atoms with Gasteiger partial charge >= 0.3 is 0 Å². The molecule has 0 aliphatic carbocycles. The largest absolute Gasteiger partial charge is 0.355 e. The van der Waals surface area contributed by atoms with Gasteiger partial charge in [-0.05, 0) is 47.9 Å². The number of carbonyl (C=O) groups excluding carboxylic acids is 1. The van der Waals surface area contributed by atoms with E-state index in [0.29, 0.717) is 12.3 Å². The van der Waals surface area contributed by atoms with Gasteiger partial charge in [0.2, 0.25) is 5.91 Å². The molecule has 3 nitrogen and oxygen atoms in total. The van der Waals surface area contributed by atoms with Gasteiger partial charge in [-0.1, -0.05) is 37.6 Å². The van der Waals surface area contributed by atoms with Gasteiger partial charge in [-0.3, -0.25) is 4.79 Å². The number of hydrogen-bond donors (Lipinski definition) is 2. The molecule has 0 fully saturated rings. The first-order valence-corrected chi connectivity index (χ1v) is 8.07. The number of amides is 1. The number of rotatable bonds is 4. The predicted octanol–water partition coefficient (Wildman–Crippen LogP) is 5.47. The highest BCUT2D eigenvalue weighted by Crippen LogP contribution is 2.27. The Kier molecular flexibility index (Phi) is 4.39. The maximum atomic E-state index is 11.8. The average Bonchev–Trinajstić information content (AvgIpc) is 2.90. The van der Waals surface area contributed by atoms with E-state index in [1.807, 2.05) is 56.3 Å². The number of aromatic nitrogens is 1. The number of nitrogens with one attached hydrogen (secondary N) is 2. The number of anilines is 1. The van der Waals surface area contributed by atoms with Crippen LogP contribution in [0, 0.1) is 5.92 Å². The zero-order valence-electron chi connectivity index (χ0n) is 13.2. The summed E-state index contributed by atoms with van der Waals surface area (Å²) in [7, 11) is 0. The van der Waals surface area contributed by atoms with Crippen molar-refractivity contribution < 1.29 is 4.79 Å². The van der Waals surface area contributed by atoms with Crippen LogP contribution in [-0.4, -0.2) is 10.9 Å². The van der Waals surface area contributed by atoms with Crippen molar-refractivity contribution in [3.05, 3.63) is 53.6 Å². The second-order valence-electron chi connectivity index (χ2n) is 6.14. The molecule has 2 N–H and O–H groups in total. The lowest BCUT2D eigenvalue weighted by atomic mass is 10.1. The molecule has 0 aliphatic heterocycles. The van der Waals surface area contributed by atoms with E-state index in [1.54, 1.807) is 0 Å². The molecule has 0 saturated carbocycles. The van der Waals surface area contributed by atoms with E-state index >= 15 is 0 Å². The summed E-state index contributed by atoms with van der Waals surface area (Å²) in [6.07, 6.45) is 0.532. The van der Waals surface area contributed by atoms with E-state index in [-0.39, 0.29) is 5.91 Å². The van der Waals surface area contributed by atoms with E-state index < -0.39 is 0 Å². The van der Waals surface area contributed by atoms with Crippen LogP contribution in [0.5, 0.6) is 0 Å². The molecule has 0 spiro atoms. The molecule has 1 heterocycles. The summed E-state index contributed by atoms with van der Waals surface area (Å²) in [6, 6.07) is 15.7. The normalized spacial score (nSPS) is 11.1. The molecule has 0 saturated heterocycles. The van der Waals surface area contributed by atoms with Crippen LogP contribution in [0.15, 0.2) is 48.5 Å². The number of H-pyrrole nitrogens is 1. The Balaban J connectivity index is 1.79. The fraction of sp³-hybridized carbons (Fsp3) is 0.211. The zero-order chi connectivity index (χ0) is 16.4. The molecular formula is C19H19ClN2O. The molecule has 3 rings (SSSR count). The van der Waals surface area contributed by atoms with Gasteiger partial charge in [0.15, 0.2) is 0 Å². The Morgan fingerprint density at radius 2 is 1.87 bits per heavy atom. The second-order valence-corrected chi connectivity index (χ2v) is 6.57. The molecule has 0 unspecified atom stereocenters. The molecule has 1 aromatic heterocycles. The number of benzene rings is 2. The summed E-state index contributed by atoms with van der Waals surface area (Å²) in [5.41, 5.74) is 3.97. The predicted molar refractivity (Wildman–Crippen MR) is 96.8 cm³/mol. The SMILES string of the molecule is CC(C)CC(=O)Nc1ccc(-c2cc3cc(Cl)ccc3[nH]2)cc1. The maximum absolute atomic E-state index is 11.8. The lowest BCUT2D eigenvalue weighted by molar-refractivity contribution is -0.116. The maximum Gasteiger partial charge on any atom is 0.224 e. The van der Waals surface area contributed by atoms with Crippen LogP contribution in [0.3, 0.4) is 0 Å². The fourth-order valence-electron chi connectivity index (χ4n) is 2.57. The first-order chi connectivity index (χ1) is 11.0. The van der Waals surface area contributed by atoms with E-state index in [9.17, 15) is 4.79 Å². The van der Waals surface area contributed by atoms with E-state index in [1.165, 1.54) is 0 Å². The van der Waals surface area contributed by atoms with Crippen LogP contribution >= 0.6 is 11.6 Å². The van der Waals surface area contributed by atoms with Crippen molar-refractivity contribution in [2.24, 2.45) is 5.92 Å². The molecule has 23 heavy (non-hydrogen) atoms. The van der Waals surface area contributed by atoms with E-state index in [4.69, 9.17) is 11.6 Å². The van der Waals surface area contributed by atoms with Crippen molar-refractivity contribution in [3.63, 3.8) is 0 Å². The number of carbonyl (C=O) groups is 1. The van der Waals surface area contributed by atoms with Crippen LogP contribution in [0.2, 0.25) is 5.02 Å². The van der Waals surface area contributed by atoms with Gasteiger partial charge in [-0.25, -0.2) is 0 Å². The Morgan fingerprint density at radius 1 is 1.13 bits per heavy atom. The fourth-order valence-corrected chi connectivity index (χ4v) is 2.76. The molecule has 2 aromatic carbocycles. The van der Waals surface area contributed by atoms with E-state index in [0.717, 1.165) is 32.9 Å². The van der Waals surface area contributed by atoms with Gasteiger partial charge in [0.05, 0.1) is 0 Å². The summed E-state index contributed by atoms with van der Waals surface area (Å²) < 4.78 is 0. The highest BCUT2D eigenvalue weighted by Gasteiger charge is 2.07. The molecule has 0 radical (unpaired) electrons. The molecule has 0 bridgehead atoms. The lowest BCUT2D eigenvalue weighted by Gasteiger charge is -2.07. The summed E-state index contributed by atoms with van der Waals surface area (Å²) in [5, 5.41) is 4.73. The van der Waals surface area contributed by atoms with Gasteiger partial charge in [0.25, 0.3) is 0 Å². The van der Waals surface area contributed by atoms with Crippen LogP contribution < -0.4 is 5.32 Å². The molecular weight excluding hydrogens is 308 g/mol. The molecule has 0 aliphatic rings. The van der Waals surface area contributed by atoms with Crippen LogP contribution in [0.1, 0.15) is 20.3 Å². The van der Waals surface area contributed by atoms with Crippen LogP contribution in [0.25, 0.3) is 22.2 Å². The smallest absolute Gasteiger partial charge is 0.224 e. The lowest BCUT2D eigenvalue weighted by Crippen LogP contribution is -2.13. The highest BCUT2D eigenvalue weighted by molar-refractivity contribution is 6.31. The molecule has 118 valence electrons. The summed E-state index contributed by atoms with van der Waals surface area (Å²) >= 11 is 6.02. The zero-order valence-corrected chi connectivity index (χ0v) is 13.9. The average molecular weight is 327 g/mol. The summed E-state index contributed by atoms with van der Waals surface area (Å²) in [4.78, 5) is 15.2. The quantitative estimate of drug-likeness (QED) is 0.655. The van der Waals surface area contributed by atoms with Gasteiger partial charge < -0.3 is 10.3 Å². The molecule has 4 heteroatoms. The van der Waals surface area contributed by atoms with Crippen LogP contribution in [-0.2, 0) is 4.79 Å². The minimum atomic E-state index is 0.0491. The number of halogens is 1. The van der Waals surface area contributed by atoms with Crippen molar-refractivity contribution >= 4 is 34.1 Å². The van der Waals surface area contributed by atoms with Crippen molar-refractivity contribution in [3.8, 4) is 11.3 Å². The summed E-state index contributed by atoms with van der Waals surface area (Å²) in [6.45, 7) is 4.07. The Morgan fingerprint density at radius 3 is 2.57 bits per heavy atom. The Hall–Kier alpha value is -2.26. The second kappa shape index (κ2) is 6.47. The van der Waals surface area contributed by atoms with Gasteiger partial charge in [-0.2, -0.15) is 0 Å². The highest BCUT2D eigenvalue weighted by atomic mass is 35.5. The van der Waals surface area contributed by atoms with Gasteiger partial charge in [-0.15, -0.1) is 0 Å². The van der Waals surface area contributed by atoms with Gasteiger partial charge in [0.1, 0.15) is 0 Å². The Bertz CT molecular complexity index is 834. The van der Waals surface area contributed by atoms with Crippen molar-refractivity contribution in [2.45, 2.75) is 20.3 Å². The van der Waals surface area contributed by atoms with Crippen LogP contribution in [0.4, 0.5) is 5.69 Å². The van der Waals surface area contributed by atoms with Crippen molar-refractivity contribution in [2.75, 3.05) is 5.32 Å². The minimum Gasteiger partial charge on any atom is -0.355 e. The van der Waals surface area contributed by atoms with Crippen molar-refractivity contribution in [1.29, 1.82) is 0 Å². The molecule has 0 atom stereocenters. The first kappa shape index (κ1) is 15.6. The number of aromatic amines is 1. The number of fused-ring (bicyclic) bond motifs is 1. The summed E-state index contributed by atoms with van der Waals surface area (Å²) in [5.74, 6) is 0.403. The Labute approximate surface area is 140 Å². The monoisotopic (exact) mass is 326 g/mol. The third kappa shape index (κ3) is 3.74. The standard InChI is InChI=1S/C19H19ClN2O/c1-12(2)9-19(23)21-16-6-3-13(4-7-16)18-11-14-10-15(20)5-8-17(14)22-18/h3-8,10-12,22H,9H2,1-2H3,(H,21,23). The van der Waals surface area contributed by atoms with Crippen molar-refractivity contribution in [1.82, 2.24) is 4.98 Å². The molecule has 1 amide bonds. The third-order valence-corrected chi connectivity index (χ3v) is 3.89. The number of hydrogen-bond acceptors (Lipinski definition) is 1. The van der Waals surface area contributed by atoms with Gasteiger partial charge in [0, 0.05) is 33.7 Å². The topological polar surface area (TPSA) is 44.9 Å². The molecule has 3 aromatic rings. The first-order valence-electron chi connectivity index (χ1n) is 7.70. The van der Waals surface area contributed by atoms with E-state index in [2.05, 4.69) is 16.4 Å².